The number of aryl methyl sites for hydroxylation is 1. The number of benzene rings is 2. The third-order valence-electron chi connectivity index (χ3n) is 4.37. The fourth-order valence-electron chi connectivity index (χ4n) is 2.88. The summed E-state index contributed by atoms with van der Waals surface area (Å²) in [6, 6.07) is 16.2. The summed E-state index contributed by atoms with van der Waals surface area (Å²) < 4.78 is 1.10. The van der Waals surface area contributed by atoms with Crippen molar-refractivity contribution in [2.45, 2.75) is 13.3 Å². The van der Waals surface area contributed by atoms with Crippen molar-refractivity contribution in [1.82, 2.24) is 4.90 Å². The molecule has 5 heteroatoms. The predicted molar refractivity (Wildman–Crippen MR) is 103 cm³/mol. The molecule has 0 spiro atoms. The van der Waals surface area contributed by atoms with E-state index in [0.29, 0.717) is 0 Å². The van der Waals surface area contributed by atoms with E-state index in [1.165, 1.54) is 11.3 Å². The highest BCUT2D eigenvalue weighted by molar-refractivity contribution is 9.10. The number of urea groups is 1. The van der Waals surface area contributed by atoms with E-state index in [0.717, 1.165) is 42.8 Å². The Labute approximate surface area is 151 Å². The molecule has 0 atom stereocenters. The van der Waals surface area contributed by atoms with Gasteiger partial charge in [-0.15, -0.1) is 0 Å². The number of piperazine rings is 1. The summed E-state index contributed by atoms with van der Waals surface area (Å²) in [5, 5.41) is 2.99. The smallest absolute Gasteiger partial charge is 0.321 e. The Hall–Kier alpha value is -2.01. The second kappa shape index (κ2) is 7.71. The van der Waals surface area contributed by atoms with Gasteiger partial charge in [0.25, 0.3) is 0 Å². The molecule has 0 aliphatic carbocycles. The minimum absolute atomic E-state index is 0.0222. The van der Waals surface area contributed by atoms with Crippen molar-refractivity contribution in [3.8, 4) is 0 Å². The van der Waals surface area contributed by atoms with E-state index in [4.69, 9.17) is 0 Å². The highest BCUT2D eigenvalue weighted by Crippen LogP contribution is 2.26. The number of carbonyl (C=O) groups excluding carboxylic acids is 1. The first kappa shape index (κ1) is 16.8. The van der Waals surface area contributed by atoms with Crippen molar-refractivity contribution in [1.29, 1.82) is 0 Å². The molecule has 4 nitrogen and oxygen atoms in total. The minimum atomic E-state index is -0.0222. The molecule has 126 valence electrons. The summed E-state index contributed by atoms with van der Waals surface area (Å²) in [6.45, 7) is 5.24. The molecule has 0 saturated carbocycles. The van der Waals surface area contributed by atoms with Crippen molar-refractivity contribution in [3.05, 3.63) is 58.6 Å². The van der Waals surface area contributed by atoms with E-state index >= 15 is 0 Å². The molecule has 24 heavy (non-hydrogen) atoms. The van der Waals surface area contributed by atoms with E-state index in [2.05, 4.69) is 51.3 Å². The van der Waals surface area contributed by atoms with Gasteiger partial charge in [-0.2, -0.15) is 0 Å². The van der Waals surface area contributed by atoms with Crippen molar-refractivity contribution in [2.24, 2.45) is 0 Å². The number of para-hydroxylation sites is 1. The molecule has 1 N–H and O–H groups in total. The Morgan fingerprint density at radius 3 is 2.33 bits per heavy atom. The second-order valence-electron chi connectivity index (χ2n) is 5.91. The van der Waals surface area contributed by atoms with Crippen molar-refractivity contribution in [2.75, 3.05) is 36.4 Å². The largest absolute Gasteiger partial charge is 0.367 e. The lowest BCUT2D eigenvalue weighted by Crippen LogP contribution is -2.50. The second-order valence-corrected chi connectivity index (χ2v) is 6.76. The van der Waals surface area contributed by atoms with Crippen LogP contribution in [0.5, 0.6) is 0 Å². The van der Waals surface area contributed by atoms with Crippen LogP contribution in [0.1, 0.15) is 12.5 Å². The number of hydrogen-bond donors (Lipinski definition) is 1. The maximum Gasteiger partial charge on any atom is 0.321 e. The Morgan fingerprint density at radius 1 is 1.04 bits per heavy atom. The van der Waals surface area contributed by atoms with Gasteiger partial charge in [-0.1, -0.05) is 31.2 Å². The van der Waals surface area contributed by atoms with Gasteiger partial charge in [0.05, 0.1) is 5.69 Å². The minimum Gasteiger partial charge on any atom is -0.367 e. The highest BCUT2D eigenvalue weighted by atomic mass is 79.9. The van der Waals surface area contributed by atoms with E-state index in [1.54, 1.807) is 0 Å². The van der Waals surface area contributed by atoms with Gasteiger partial charge in [0.15, 0.2) is 0 Å². The Balaban J connectivity index is 1.56. The van der Waals surface area contributed by atoms with Gasteiger partial charge >= 0.3 is 6.03 Å². The normalized spacial score (nSPS) is 14.6. The molecule has 1 saturated heterocycles. The van der Waals surface area contributed by atoms with Crippen LogP contribution in [-0.4, -0.2) is 37.1 Å². The summed E-state index contributed by atoms with van der Waals surface area (Å²) in [5.74, 6) is 0. The van der Waals surface area contributed by atoms with Gasteiger partial charge in [0.2, 0.25) is 0 Å². The Bertz CT molecular complexity index is 694. The van der Waals surface area contributed by atoms with Crippen LogP contribution in [0.15, 0.2) is 53.0 Å². The SMILES string of the molecule is CCc1ccc(NC(=O)N2CCN(c3ccccc3Br)CC2)cc1. The number of carbonyl (C=O) groups is 1. The molecule has 2 amide bonds. The molecule has 1 heterocycles. The lowest BCUT2D eigenvalue weighted by molar-refractivity contribution is 0.208. The molecule has 1 fully saturated rings. The van der Waals surface area contributed by atoms with Crippen LogP contribution in [0.4, 0.5) is 16.2 Å². The highest BCUT2D eigenvalue weighted by Gasteiger charge is 2.22. The number of nitrogens with zero attached hydrogens (tertiary/aromatic N) is 2. The van der Waals surface area contributed by atoms with Crippen LogP contribution in [-0.2, 0) is 6.42 Å². The fourth-order valence-corrected chi connectivity index (χ4v) is 3.42. The number of amides is 2. The molecule has 0 bridgehead atoms. The molecule has 0 radical (unpaired) electrons. The fraction of sp³-hybridized carbons (Fsp3) is 0.316. The number of hydrogen-bond acceptors (Lipinski definition) is 2. The summed E-state index contributed by atoms with van der Waals surface area (Å²) in [4.78, 5) is 16.6. The molecular weight excluding hydrogens is 366 g/mol. The van der Waals surface area contributed by atoms with Crippen LogP contribution in [0.2, 0.25) is 0 Å². The van der Waals surface area contributed by atoms with Crippen LogP contribution >= 0.6 is 15.9 Å². The van der Waals surface area contributed by atoms with Crippen LogP contribution in [0.3, 0.4) is 0 Å². The third kappa shape index (κ3) is 3.90. The van der Waals surface area contributed by atoms with Gasteiger partial charge in [0.1, 0.15) is 0 Å². The van der Waals surface area contributed by atoms with Crippen LogP contribution in [0.25, 0.3) is 0 Å². The molecular formula is C19H22BrN3O. The summed E-state index contributed by atoms with van der Waals surface area (Å²) >= 11 is 3.60. The maximum absolute atomic E-state index is 12.4. The first-order chi connectivity index (χ1) is 11.7. The molecule has 1 aliphatic heterocycles. The Morgan fingerprint density at radius 2 is 1.71 bits per heavy atom. The molecule has 2 aromatic rings. The molecule has 1 aliphatic rings. The number of nitrogens with one attached hydrogen (secondary N) is 1. The topological polar surface area (TPSA) is 35.6 Å². The van der Waals surface area contributed by atoms with Crippen LogP contribution in [0, 0.1) is 0 Å². The van der Waals surface area contributed by atoms with E-state index in [9.17, 15) is 4.79 Å². The van der Waals surface area contributed by atoms with Gasteiger partial charge < -0.3 is 15.1 Å². The molecule has 0 unspecified atom stereocenters. The lowest BCUT2D eigenvalue weighted by atomic mass is 10.1. The summed E-state index contributed by atoms with van der Waals surface area (Å²) in [5.41, 5.74) is 3.31. The standard InChI is InChI=1S/C19H22BrN3O/c1-2-15-7-9-16(10-8-15)21-19(24)23-13-11-22(12-14-23)18-6-4-3-5-17(18)20/h3-10H,2,11-14H2,1H3,(H,21,24). The van der Waals surface area contributed by atoms with E-state index in [1.807, 2.05) is 35.2 Å². The number of rotatable bonds is 3. The van der Waals surface area contributed by atoms with Gasteiger partial charge in [-0.25, -0.2) is 4.79 Å². The van der Waals surface area contributed by atoms with Gasteiger partial charge in [-0.3, -0.25) is 0 Å². The molecule has 2 aromatic carbocycles. The number of anilines is 2. The Kier molecular flexibility index (Phi) is 5.41. The van der Waals surface area contributed by atoms with Crippen molar-refractivity contribution < 1.29 is 4.79 Å². The zero-order chi connectivity index (χ0) is 16.9. The first-order valence-corrected chi connectivity index (χ1v) is 9.11. The maximum atomic E-state index is 12.4. The summed E-state index contributed by atoms with van der Waals surface area (Å²) in [7, 11) is 0. The monoisotopic (exact) mass is 387 g/mol. The molecule has 0 aromatic heterocycles. The van der Waals surface area contributed by atoms with Gasteiger partial charge in [0, 0.05) is 36.3 Å². The zero-order valence-corrected chi connectivity index (χ0v) is 15.4. The van der Waals surface area contributed by atoms with Gasteiger partial charge in [-0.05, 0) is 52.2 Å². The van der Waals surface area contributed by atoms with Crippen molar-refractivity contribution >= 4 is 33.3 Å². The van der Waals surface area contributed by atoms with E-state index in [-0.39, 0.29) is 6.03 Å². The molecule has 3 rings (SSSR count). The van der Waals surface area contributed by atoms with E-state index < -0.39 is 0 Å². The first-order valence-electron chi connectivity index (χ1n) is 8.31. The quantitative estimate of drug-likeness (QED) is 0.848. The predicted octanol–water partition coefficient (Wildman–Crippen LogP) is 4.37. The zero-order valence-electron chi connectivity index (χ0n) is 13.8. The average molecular weight is 388 g/mol. The average Bonchev–Trinajstić information content (AvgIpc) is 2.63. The van der Waals surface area contributed by atoms with Crippen molar-refractivity contribution in [3.63, 3.8) is 0 Å². The third-order valence-corrected chi connectivity index (χ3v) is 5.04. The van der Waals surface area contributed by atoms with Crippen LogP contribution < -0.4 is 10.2 Å². The number of halogens is 1. The lowest BCUT2D eigenvalue weighted by Gasteiger charge is -2.36. The summed E-state index contributed by atoms with van der Waals surface area (Å²) in [6.07, 6.45) is 1.01.